The van der Waals surface area contributed by atoms with Gasteiger partial charge in [0.25, 0.3) is 16.6 Å². The second-order valence-electron chi connectivity index (χ2n) is 17.3. The Morgan fingerprint density at radius 1 is 0.623 bits per heavy atom. The summed E-state index contributed by atoms with van der Waals surface area (Å²) in [6.45, 7) is 22.9. The maximum absolute atomic E-state index is 14.1. The summed E-state index contributed by atoms with van der Waals surface area (Å²) in [6.07, 6.45) is 4.52. The number of esters is 1. The molecule has 1 saturated heterocycles. The maximum Gasteiger partial charge on any atom is 0.334 e. The van der Waals surface area contributed by atoms with Crippen LogP contribution in [0, 0.1) is 11.8 Å². The van der Waals surface area contributed by atoms with Crippen molar-refractivity contribution in [3.05, 3.63) is 145 Å². The van der Waals surface area contributed by atoms with Crippen LogP contribution in [0.3, 0.4) is 0 Å². The van der Waals surface area contributed by atoms with Gasteiger partial charge in [-0.2, -0.15) is 0 Å². The van der Waals surface area contributed by atoms with E-state index in [1.54, 1.807) is 0 Å². The monoisotopic (exact) mass is 744 g/mol. The molecule has 1 heterocycles. The number of cyclic esters (lactones) is 1. The van der Waals surface area contributed by atoms with Crippen molar-refractivity contribution in [2.24, 2.45) is 11.8 Å². The van der Waals surface area contributed by atoms with E-state index in [2.05, 4.69) is 197 Å². The molecule has 53 heavy (non-hydrogen) atoms. The quantitative estimate of drug-likeness (QED) is 0.0780. The van der Waals surface area contributed by atoms with E-state index in [-0.39, 0.29) is 29.3 Å². The molecule has 6 heteroatoms. The van der Waals surface area contributed by atoms with Crippen LogP contribution in [0.5, 0.6) is 0 Å². The molecular weight excluding hydrogens is 685 g/mol. The average Bonchev–Trinajstić information content (AvgIpc) is 3.44. The van der Waals surface area contributed by atoms with Gasteiger partial charge in [-0.15, -0.1) is 0 Å². The van der Waals surface area contributed by atoms with E-state index in [0.29, 0.717) is 23.8 Å². The number of hydrogen-bond acceptors (Lipinski definition) is 4. The van der Waals surface area contributed by atoms with Crippen LogP contribution in [0.15, 0.2) is 145 Å². The zero-order valence-electron chi connectivity index (χ0n) is 33.6. The van der Waals surface area contributed by atoms with Crippen molar-refractivity contribution in [2.75, 3.05) is 13.2 Å². The van der Waals surface area contributed by atoms with Crippen molar-refractivity contribution in [2.45, 2.75) is 91.3 Å². The van der Waals surface area contributed by atoms with Gasteiger partial charge in [0.05, 0.1) is 13.2 Å². The molecule has 0 aromatic heterocycles. The molecule has 4 nitrogen and oxygen atoms in total. The van der Waals surface area contributed by atoms with Gasteiger partial charge < -0.3 is 13.6 Å². The van der Waals surface area contributed by atoms with Gasteiger partial charge in [-0.1, -0.05) is 208 Å². The van der Waals surface area contributed by atoms with Crippen molar-refractivity contribution in [3.63, 3.8) is 0 Å². The fourth-order valence-electron chi connectivity index (χ4n) is 8.30. The topological polar surface area (TPSA) is 44.8 Å². The van der Waals surface area contributed by atoms with Crippen LogP contribution in [0.4, 0.5) is 0 Å². The highest BCUT2D eigenvalue weighted by molar-refractivity contribution is 7.00. The molecule has 0 radical (unpaired) electrons. The number of rotatable bonds is 13. The molecule has 280 valence electrons. The molecule has 4 aromatic rings. The van der Waals surface area contributed by atoms with Crippen molar-refractivity contribution >= 4 is 43.4 Å². The Kier molecular flexibility index (Phi) is 12.4. The first-order valence-electron chi connectivity index (χ1n) is 19.2. The van der Waals surface area contributed by atoms with E-state index in [1.807, 2.05) is 6.08 Å². The van der Waals surface area contributed by atoms with Gasteiger partial charge in [0, 0.05) is 12.0 Å². The summed E-state index contributed by atoms with van der Waals surface area (Å²) in [5, 5.41) is 4.24. The third-order valence-corrected chi connectivity index (χ3v) is 20.8. The minimum Gasteiger partial charge on any atom is -0.451 e. The van der Waals surface area contributed by atoms with Crippen LogP contribution in [0.25, 0.3) is 0 Å². The van der Waals surface area contributed by atoms with E-state index in [9.17, 15) is 4.79 Å². The first-order chi connectivity index (χ1) is 25.1. The minimum atomic E-state index is -2.98. The largest absolute Gasteiger partial charge is 0.451 e. The van der Waals surface area contributed by atoms with E-state index < -0.39 is 22.2 Å². The van der Waals surface area contributed by atoms with Crippen molar-refractivity contribution in [3.8, 4) is 0 Å². The summed E-state index contributed by atoms with van der Waals surface area (Å²) in [5.74, 6) is 0.433. The van der Waals surface area contributed by atoms with Gasteiger partial charge in [0.1, 0.15) is 0 Å². The lowest BCUT2D eigenvalue weighted by atomic mass is 9.91. The maximum atomic E-state index is 14.1. The molecule has 1 fully saturated rings. The molecular formula is C47H60O4Si2. The van der Waals surface area contributed by atoms with Crippen LogP contribution in [-0.4, -0.2) is 41.4 Å². The lowest BCUT2D eigenvalue weighted by Gasteiger charge is -2.46. The Bertz CT molecular complexity index is 1660. The Labute approximate surface area is 321 Å². The SMILES string of the molecule is CC(C)C(=C/C=C1/CC(CO[Si](c2ccccc2)(c2ccccc2)C(C)(C)C)(CO[Si](c2ccccc2)(c2ccccc2)C(C)(C)C)OC1=O)C(C)C. The first kappa shape index (κ1) is 40.4. The molecule has 4 aromatic carbocycles. The number of benzene rings is 4. The molecule has 1 aliphatic heterocycles. The molecule has 5 rings (SSSR count). The summed E-state index contributed by atoms with van der Waals surface area (Å²) in [6, 6.07) is 42.6. The summed E-state index contributed by atoms with van der Waals surface area (Å²) in [4.78, 5) is 14.1. The fourth-order valence-corrected chi connectivity index (χ4v) is 17.6. The Balaban J connectivity index is 1.67. The molecule has 0 bridgehead atoms. The molecule has 0 unspecified atom stereocenters. The Hall–Kier alpha value is -3.82. The molecule has 0 aliphatic carbocycles. The second-order valence-corrected chi connectivity index (χ2v) is 25.9. The van der Waals surface area contributed by atoms with Gasteiger partial charge in [-0.3, -0.25) is 0 Å². The van der Waals surface area contributed by atoms with Gasteiger partial charge in [0.15, 0.2) is 5.60 Å². The third-order valence-electron chi connectivity index (χ3n) is 10.8. The number of hydrogen-bond donors (Lipinski definition) is 0. The Morgan fingerprint density at radius 3 is 1.23 bits per heavy atom. The van der Waals surface area contributed by atoms with Crippen LogP contribution in [0.1, 0.15) is 75.7 Å². The highest BCUT2D eigenvalue weighted by atomic mass is 28.4. The van der Waals surface area contributed by atoms with Crippen molar-refractivity contribution < 1.29 is 18.4 Å². The van der Waals surface area contributed by atoms with Crippen LogP contribution < -0.4 is 20.7 Å². The lowest BCUT2D eigenvalue weighted by Crippen LogP contribution is -2.69. The van der Waals surface area contributed by atoms with Gasteiger partial charge in [0.2, 0.25) is 0 Å². The zero-order chi connectivity index (χ0) is 38.5. The van der Waals surface area contributed by atoms with Crippen molar-refractivity contribution in [1.82, 2.24) is 0 Å². The molecule has 0 N–H and O–H groups in total. The first-order valence-corrected chi connectivity index (χ1v) is 23.0. The average molecular weight is 745 g/mol. The van der Waals surface area contributed by atoms with Crippen LogP contribution in [0.2, 0.25) is 10.1 Å². The molecule has 0 spiro atoms. The third kappa shape index (κ3) is 8.31. The second kappa shape index (κ2) is 16.3. The number of allylic oxidation sites excluding steroid dienone is 3. The van der Waals surface area contributed by atoms with Crippen molar-refractivity contribution in [1.29, 1.82) is 0 Å². The normalized spacial score (nSPS) is 15.9. The van der Waals surface area contributed by atoms with Gasteiger partial charge in [-0.05, 0) is 42.7 Å². The summed E-state index contributed by atoms with van der Waals surface area (Å²) in [7, 11) is -5.96. The standard InChI is InChI=1S/C47H60O4Si2/c1-36(2)43(37(3)4)32-31-38-33-47(51-44(38)48,34-49-52(45(5,6)7,39-23-15-11-16-24-39)40-25-17-12-18-26-40)35-50-53(46(8,9)10,41-27-19-13-20-28-41)42-29-21-14-22-30-42/h11-32,36-37H,33-35H2,1-10H3/b38-31-. The predicted molar refractivity (Wildman–Crippen MR) is 226 cm³/mol. The smallest absolute Gasteiger partial charge is 0.334 e. The molecule has 0 atom stereocenters. The fraction of sp³-hybridized carbons (Fsp3) is 0.383. The Morgan fingerprint density at radius 2 is 0.943 bits per heavy atom. The minimum absolute atomic E-state index is 0.201. The van der Waals surface area contributed by atoms with Crippen LogP contribution >= 0.6 is 0 Å². The lowest BCUT2D eigenvalue weighted by molar-refractivity contribution is -0.152. The van der Waals surface area contributed by atoms with Gasteiger partial charge >= 0.3 is 5.97 Å². The zero-order valence-corrected chi connectivity index (χ0v) is 35.6. The highest BCUT2D eigenvalue weighted by Crippen LogP contribution is 2.42. The van der Waals surface area contributed by atoms with Gasteiger partial charge in [-0.25, -0.2) is 4.79 Å². The van der Waals surface area contributed by atoms with E-state index in [0.717, 1.165) is 0 Å². The summed E-state index contributed by atoms with van der Waals surface area (Å²) in [5.41, 5.74) is 0.906. The van der Waals surface area contributed by atoms with E-state index in [1.165, 1.54) is 26.3 Å². The molecule has 1 aliphatic rings. The highest BCUT2D eigenvalue weighted by Gasteiger charge is 2.56. The summed E-state index contributed by atoms with van der Waals surface area (Å²) >= 11 is 0. The number of carbonyl (C=O) groups is 1. The molecule has 0 amide bonds. The number of ether oxygens (including phenoxy) is 1. The van der Waals surface area contributed by atoms with E-state index >= 15 is 0 Å². The number of carbonyl (C=O) groups excluding carboxylic acids is 1. The van der Waals surface area contributed by atoms with Crippen LogP contribution in [-0.2, 0) is 18.4 Å². The van der Waals surface area contributed by atoms with E-state index in [4.69, 9.17) is 13.6 Å². The molecule has 0 saturated carbocycles. The summed E-state index contributed by atoms with van der Waals surface area (Å²) < 4.78 is 21.8. The predicted octanol–water partition coefficient (Wildman–Crippen LogP) is 8.99.